The molecule has 80 valence electrons. The number of hydrogen-bond acceptors (Lipinski definition) is 3. The van der Waals surface area contributed by atoms with Crippen LogP contribution in [-0.4, -0.2) is 25.9 Å². The number of para-hydroxylation sites is 1. The zero-order chi connectivity index (χ0) is 10.3. The molecule has 1 aromatic rings. The maximum absolute atomic E-state index is 11.6. The number of quaternary nitrogens is 1. The molecule has 0 spiro atoms. The molecule has 1 saturated heterocycles. The number of epoxide rings is 1. The van der Waals surface area contributed by atoms with Gasteiger partial charge in [0.25, 0.3) is 0 Å². The Kier molecular flexibility index (Phi) is 2.12. The molecule has 1 aromatic carbocycles. The van der Waals surface area contributed by atoms with E-state index in [0.29, 0.717) is 13.2 Å². The number of ether oxygens (including phenoxy) is 2. The highest BCUT2D eigenvalue weighted by Crippen LogP contribution is 2.28. The number of rotatable bonds is 3. The lowest BCUT2D eigenvalue weighted by atomic mass is 10.1. The van der Waals surface area contributed by atoms with Gasteiger partial charge >= 0.3 is 0 Å². The van der Waals surface area contributed by atoms with Crippen molar-refractivity contribution in [3.8, 4) is 5.75 Å². The fraction of sp³-hybridized carbons (Fsp3) is 0.455. The third-order valence-corrected chi connectivity index (χ3v) is 2.84. The van der Waals surface area contributed by atoms with Crippen LogP contribution in [0.25, 0.3) is 0 Å². The fourth-order valence-electron chi connectivity index (χ4n) is 1.94. The summed E-state index contributed by atoms with van der Waals surface area (Å²) >= 11 is 0. The van der Waals surface area contributed by atoms with E-state index < -0.39 is 0 Å². The van der Waals surface area contributed by atoms with Gasteiger partial charge in [0.1, 0.15) is 12.7 Å². The van der Waals surface area contributed by atoms with Gasteiger partial charge in [0.15, 0.2) is 11.4 Å². The molecular formula is C11H13NO3. The summed E-state index contributed by atoms with van der Waals surface area (Å²) in [5.74, 6) is 0.727. The molecule has 1 fully saturated rings. The highest BCUT2D eigenvalue weighted by atomic mass is 16.6. The second kappa shape index (κ2) is 3.48. The average Bonchev–Trinajstić information content (AvgIpc) is 3.00. The second-order valence-electron chi connectivity index (χ2n) is 3.98. The van der Waals surface area contributed by atoms with Crippen molar-refractivity contribution in [2.24, 2.45) is 0 Å². The van der Waals surface area contributed by atoms with Crippen LogP contribution in [0.3, 0.4) is 0 Å². The largest absolute Gasteiger partial charge is 0.629 e. The highest BCUT2D eigenvalue weighted by Gasteiger charge is 2.27. The van der Waals surface area contributed by atoms with Crippen LogP contribution in [0.15, 0.2) is 18.2 Å². The third-order valence-electron chi connectivity index (χ3n) is 2.84. The van der Waals surface area contributed by atoms with E-state index in [4.69, 9.17) is 9.47 Å². The first-order valence-electron chi connectivity index (χ1n) is 5.24. The van der Waals surface area contributed by atoms with E-state index >= 15 is 0 Å². The van der Waals surface area contributed by atoms with Crippen LogP contribution < -0.4 is 9.80 Å². The molecule has 2 aliphatic rings. The summed E-state index contributed by atoms with van der Waals surface area (Å²) in [6.45, 7) is 1.96. The number of benzene rings is 1. The van der Waals surface area contributed by atoms with Crippen LogP contribution in [-0.2, 0) is 11.2 Å². The van der Waals surface area contributed by atoms with Gasteiger partial charge in [0.05, 0.1) is 13.2 Å². The summed E-state index contributed by atoms with van der Waals surface area (Å²) in [4.78, 5) is 0. The van der Waals surface area contributed by atoms with Gasteiger partial charge in [0.2, 0.25) is 0 Å². The molecule has 0 radical (unpaired) electrons. The molecule has 15 heavy (non-hydrogen) atoms. The van der Waals surface area contributed by atoms with Gasteiger partial charge in [-0.2, -0.15) is 0 Å². The Labute approximate surface area is 88.0 Å². The maximum atomic E-state index is 11.6. The van der Waals surface area contributed by atoms with Crippen molar-refractivity contribution in [2.45, 2.75) is 12.5 Å². The van der Waals surface area contributed by atoms with E-state index in [0.717, 1.165) is 30.0 Å². The van der Waals surface area contributed by atoms with Crippen molar-refractivity contribution >= 4 is 5.69 Å². The first-order valence-corrected chi connectivity index (χ1v) is 5.24. The predicted molar refractivity (Wildman–Crippen MR) is 54.2 cm³/mol. The number of hydroxylamine groups is 1. The van der Waals surface area contributed by atoms with Crippen molar-refractivity contribution in [3.63, 3.8) is 0 Å². The van der Waals surface area contributed by atoms with Gasteiger partial charge in [-0.05, 0) is 6.07 Å². The smallest absolute Gasteiger partial charge is 0.180 e. The highest BCUT2D eigenvalue weighted by molar-refractivity contribution is 5.54. The lowest BCUT2D eigenvalue weighted by Crippen LogP contribution is -3.00. The van der Waals surface area contributed by atoms with Crippen molar-refractivity contribution in [3.05, 3.63) is 29.0 Å². The van der Waals surface area contributed by atoms with E-state index in [1.165, 1.54) is 0 Å². The summed E-state index contributed by atoms with van der Waals surface area (Å²) in [5, 5.41) is 11.8. The lowest BCUT2D eigenvalue weighted by Gasteiger charge is -2.18. The Balaban J connectivity index is 1.83. The third kappa shape index (κ3) is 1.71. The minimum absolute atomic E-state index is 0.206. The van der Waals surface area contributed by atoms with Gasteiger partial charge in [-0.3, -0.25) is 0 Å². The molecule has 0 bridgehead atoms. The molecular weight excluding hydrogens is 194 g/mol. The second-order valence-corrected chi connectivity index (χ2v) is 3.98. The first-order chi connectivity index (χ1) is 7.34. The summed E-state index contributed by atoms with van der Waals surface area (Å²) in [5.41, 5.74) is 1.91. The molecule has 2 aliphatic heterocycles. The quantitative estimate of drug-likeness (QED) is 0.562. The van der Waals surface area contributed by atoms with Crippen LogP contribution >= 0.6 is 0 Å². The van der Waals surface area contributed by atoms with E-state index in [2.05, 4.69) is 0 Å². The molecule has 1 N–H and O–H groups in total. The maximum Gasteiger partial charge on any atom is 0.180 e. The van der Waals surface area contributed by atoms with Gasteiger partial charge in [-0.1, -0.05) is 12.1 Å². The lowest BCUT2D eigenvalue weighted by molar-refractivity contribution is -0.769. The predicted octanol–water partition coefficient (Wildman–Crippen LogP) is 0.0345. The van der Waals surface area contributed by atoms with E-state index in [1.54, 1.807) is 0 Å². The van der Waals surface area contributed by atoms with Crippen molar-refractivity contribution in [2.75, 3.05) is 19.8 Å². The minimum Gasteiger partial charge on any atom is -0.629 e. The van der Waals surface area contributed by atoms with E-state index in [1.807, 2.05) is 18.2 Å². The van der Waals surface area contributed by atoms with Gasteiger partial charge in [-0.15, -0.1) is 0 Å². The molecule has 2 unspecified atom stereocenters. The van der Waals surface area contributed by atoms with Crippen LogP contribution in [0.2, 0.25) is 0 Å². The van der Waals surface area contributed by atoms with E-state index in [-0.39, 0.29) is 11.2 Å². The Morgan fingerprint density at radius 2 is 2.40 bits per heavy atom. The molecule has 0 saturated carbocycles. The van der Waals surface area contributed by atoms with Crippen LogP contribution in [0.5, 0.6) is 5.75 Å². The molecule has 2 heterocycles. The van der Waals surface area contributed by atoms with Crippen LogP contribution in [0.4, 0.5) is 5.69 Å². The normalized spacial score (nSPS) is 27.5. The van der Waals surface area contributed by atoms with Gasteiger partial charge < -0.3 is 19.7 Å². The van der Waals surface area contributed by atoms with Crippen LogP contribution in [0, 0.1) is 5.21 Å². The molecule has 4 nitrogen and oxygen atoms in total. The SMILES string of the molecule is [O-][NH+]1CCc2cccc(OCC3CO3)c21. The number of nitrogens with one attached hydrogen (secondary N) is 1. The molecule has 4 heteroatoms. The molecule has 3 rings (SSSR count). The van der Waals surface area contributed by atoms with Gasteiger partial charge in [0, 0.05) is 12.0 Å². The van der Waals surface area contributed by atoms with Crippen molar-refractivity contribution in [1.29, 1.82) is 0 Å². The summed E-state index contributed by atoms with van der Waals surface area (Å²) in [6, 6.07) is 5.81. The summed E-state index contributed by atoms with van der Waals surface area (Å²) in [6.07, 6.45) is 1.09. The Hall–Kier alpha value is -1.10. The molecule has 0 aromatic heterocycles. The fourth-order valence-corrected chi connectivity index (χ4v) is 1.94. The molecule has 0 amide bonds. The zero-order valence-corrected chi connectivity index (χ0v) is 8.36. The zero-order valence-electron chi connectivity index (χ0n) is 8.36. The standard InChI is InChI=1S/C11H13NO3/c13-12-5-4-8-2-1-3-10(11(8)12)15-7-9-6-14-9/h1-3,9,12H,4-7H2. The Morgan fingerprint density at radius 1 is 1.53 bits per heavy atom. The average molecular weight is 207 g/mol. The monoisotopic (exact) mass is 207 g/mol. The van der Waals surface area contributed by atoms with Gasteiger partial charge in [-0.25, -0.2) is 0 Å². The summed E-state index contributed by atoms with van der Waals surface area (Å²) in [7, 11) is 0. The van der Waals surface area contributed by atoms with Crippen molar-refractivity contribution in [1.82, 2.24) is 0 Å². The number of fused-ring (bicyclic) bond motifs is 1. The van der Waals surface area contributed by atoms with E-state index in [9.17, 15) is 5.21 Å². The first kappa shape index (κ1) is 9.15. The Morgan fingerprint density at radius 3 is 3.20 bits per heavy atom. The summed E-state index contributed by atoms with van der Waals surface area (Å²) < 4.78 is 10.7. The van der Waals surface area contributed by atoms with Crippen LogP contribution in [0.1, 0.15) is 5.56 Å². The topological polar surface area (TPSA) is 49.3 Å². The minimum atomic E-state index is 0.206. The molecule has 2 atom stereocenters. The molecule has 0 aliphatic carbocycles. The number of hydrogen-bond donors (Lipinski definition) is 1. The van der Waals surface area contributed by atoms with Crippen molar-refractivity contribution < 1.29 is 14.5 Å². The Bertz CT molecular complexity index is 376.